The van der Waals surface area contributed by atoms with Gasteiger partial charge in [0.05, 0.1) is 31.5 Å². The smallest absolute Gasteiger partial charge is 0.328 e. The van der Waals surface area contributed by atoms with E-state index in [0.717, 1.165) is 6.92 Å². The molecule has 0 aliphatic carbocycles. The minimum Gasteiger partial charge on any atom is -0.481 e. The second-order valence-corrected chi connectivity index (χ2v) is 6.86. The number of hydrogen-bond donors (Lipinski definition) is 9. The van der Waals surface area contributed by atoms with E-state index in [1.54, 1.807) is 0 Å². The van der Waals surface area contributed by atoms with Crippen LogP contribution in [0.3, 0.4) is 0 Å². The summed E-state index contributed by atoms with van der Waals surface area (Å²) in [5.74, 6) is -5.86. The number of carbonyl (C=O) groups excluding carboxylic acids is 3. The van der Waals surface area contributed by atoms with Crippen LogP contribution in [0.1, 0.15) is 19.0 Å². The van der Waals surface area contributed by atoms with Crippen molar-refractivity contribution in [2.24, 2.45) is 5.73 Å². The van der Waals surface area contributed by atoms with Crippen molar-refractivity contribution in [1.29, 1.82) is 0 Å². The Labute approximate surface area is 181 Å². The molecule has 0 spiro atoms. The number of amides is 3. The second-order valence-electron chi connectivity index (χ2n) is 6.86. The molecule has 1 aromatic rings. The Kier molecular flexibility index (Phi) is 10.2. The Hall–Kier alpha value is -3.56. The van der Waals surface area contributed by atoms with Gasteiger partial charge in [-0.1, -0.05) is 0 Å². The summed E-state index contributed by atoms with van der Waals surface area (Å²) in [4.78, 5) is 65.6. The number of carbonyl (C=O) groups is 5. The highest BCUT2D eigenvalue weighted by Crippen LogP contribution is 2.03. The number of carboxylic acid groups (broad SMARTS) is 2. The third-order valence-electron chi connectivity index (χ3n) is 4.20. The molecule has 32 heavy (non-hydrogen) atoms. The van der Waals surface area contributed by atoms with E-state index in [0.29, 0.717) is 5.69 Å². The van der Waals surface area contributed by atoms with Gasteiger partial charge in [-0.3, -0.25) is 19.2 Å². The van der Waals surface area contributed by atoms with E-state index in [1.165, 1.54) is 12.5 Å². The fourth-order valence-corrected chi connectivity index (χ4v) is 2.49. The third-order valence-corrected chi connectivity index (χ3v) is 4.20. The molecule has 15 heteroatoms. The van der Waals surface area contributed by atoms with Crippen molar-refractivity contribution in [2.45, 2.75) is 50.0 Å². The van der Waals surface area contributed by atoms with E-state index in [2.05, 4.69) is 20.6 Å². The van der Waals surface area contributed by atoms with Crippen molar-refractivity contribution in [3.05, 3.63) is 18.2 Å². The molecule has 5 unspecified atom stereocenters. The summed E-state index contributed by atoms with van der Waals surface area (Å²) >= 11 is 0. The fourth-order valence-electron chi connectivity index (χ4n) is 2.49. The molecule has 178 valence electrons. The largest absolute Gasteiger partial charge is 0.481 e. The lowest BCUT2D eigenvalue weighted by Gasteiger charge is -2.26. The number of aliphatic hydroxyl groups excluding tert-OH is 2. The van der Waals surface area contributed by atoms with Crippen LogP contribution in [0.15, 0.2) is 12.5 Å². The second kappa shape index (κ2) is 12.3. The molecule has 1 heterocycles. The maximum absolute atomic E-state index is 12.8. The first-order chi connectivity index (χ1) is 15.0. The molecule has 0 radical (unpaired) electrons. The van der Waals surface area contributed by atoms with Gasteiger partial charge in [-0.25, -0.2) is 9.78 Å². The van der Waals surface area contributed by atoms with Crippen molar-refractivity contribution in [1.82, 2.24) is 25.9 Å². The molecule has 0 aliphatic rings. The van der Waals surface area contributed by atoms with Crippen LogP contribution in [0.2, 0.25) is 0 Å². The molecule has 10 N–H and O–H groups in total. The van der Waals surface area contributed by atoms with E-state index in [9.17, 15) is 29.1 Å². The highest BCUT2D eigenvalue weighted by molar-refractivity contribution is 5.95. The first kappa shape index (κ1) is 26.5. The summed E-state index contributed by atoms with van der Waals surface area (Å²) in [6.45, 7) is 0.228. The average molecular weight is 458 g/mol. The standard InChI is InChI=1S/C17H26N6O9/c1-7(25)13(16(30)22-11(5-24)17(31)32)23-15(29)10(2-8-4-19-6-20-8)21-14(28)9(18)3-12(26)27/h4,6-7,9-11,13,24-25H,2-3,5,18H2,1H3,(H,19,20)(H,21,28)(H,22,30)(H,23,29)(H,26,27)(H,31,32). The molecule has 3 amide bonds. The van der Waals surface area contributed by atoms with Crippen LogP contribution in [0.25, 0.3) is 0 Å². The number of aliphatic carboxylic acids is 2. The molecule has 0 aliphatic heterocycles. The minimum atomic E-state index is -1.67. The first-order valence-corrected chi connectivity index (χ1v) is 9.33. The van der Waals surface area contributed by atoms with Crippen molar-refractivity contribution < 1.29 is 44.4 Å². The molecular weight excluding hydrogens is 432 g/mol. The number of hydrogen-bond acceptors (Lipinski definition) is 9. The Morgan fingerprint density at radius 1 is 1.06 bits per heavy atom. The predicted octanol–water partition coefficient (Wildman–Crippen LogP) is -4.33. The van der Waals surface area contributed by atoms with Crippen LogP contribution in [0, 0.1) is 0 Å². The quantitative estimate of drug-likeness (QED) is 0.136. The molecule has 15 nitrogen and oxygen atoms in total. The van der Waals surface area contributed by atoms with Crippen LogP contribution >= 0.6 is 0 Å². The van der Waals surface area contributed by atoms with E-state index >= 15 is 0 Å². The summed E-state index contributed by atoms with van der Waals surface area (Å²) in [6.07, 6.45) is 0.349. The van der Waals surface area contributed by atoms with Gasteiger partial charge in [0.15, 0.2) is 0 Å². The Bertz CT molecular complexity index is 813. The van der Waals surface area contributed by atoms with Crippen molar-refractivity contribution >= 4 is 29.7 Å². The van der Waals surface area contributed by atoms with Gasteiger partial charge in [-0.15, -0.1) is 0 Å². The lowest BCUT2D eigenvalue weighted by Crippen LogP contribution is -2.60. The maximum Gasteiger partial charge on any atom is 0.328 e. The summed E-state index contributed by atoms with van der Waals surface area (Å²) < 4.78 is 0. The number of rotatable bonds is 13. The molecule has 0 aromatic carbocycles. The number of nitrogens with two attached hydrogens (primary N) is 1. The van der Waals surface area contributed by atoms with Gasteiger partial charge in [0.1, 0.15) is 18.1 Å². The van der Waals surface area contributed by atoms with Crippen LogP contribution in [-0.4, -0.2) is 96.9 Å². The van der Waals surface area contributed by atoms with Crippen LogP contribution in [0.4, 0.5) is 0 Å². The van der Waals surface area contributed by atoms with Gasteiger partial charge in [-0.05, 0) is 6.92 Å². The van der Waals surface area contributed by atoms with E-state index < -0.39 is 73.0 Å². The topological polar surface area (TPSA) is 257 Å². The van der Waals surface area contributed by atoms with Crippen LogP contribution in [-0.2, 0) is 30.4 Å². The van der Waals surface area contributed by atoms with Gasteiger partial charge in [0, 0.05) is 18.3 Å². The molecule has 5 atom stereocenters. The number of imidazole rings is 1. The van der Waals surface area contributed by atoms with Crippen LogP contribution < -0.4 is 21.7 Å². The Balaban J connectivity index is 2.99. The highest BCUT2D eigenvalue weighted by Gasteiger charge is 2.33. The van der Waals surface area contributed by atoms with Crippen molar-refractivity contribution in [2.75, 3.05) is 6.61 Å². The van der Waals surface area contributed by atoms with E-state index in [4.69, 9.17) is 21.1 Å². The Morgan fingerprint density at radius 3 is 2.16 bits per heavy atom. The number of aliphatic hydroxyl groups is 2. The Morgan fingerprint density at radius 2 is 1.69 bits per heavy atom. The number of nitrogens with one attached hydrogen (secondary N) is 4. The van der Waals surface area contributed by atoms with Gasteiger partial charge in [0.25, 0.3) is 0 Å². The van der Waals surface area contributed by atoms with Gasteiger partial charge in [-0.2, -0.15) is 0 Å². The molecular formula is C17H26N6O9. The van der Waals surface area contributed by atoms with E-state index in [1.807, 2.05) is 5.32 Å². The number of aromatic nitrogens is 2. The zero-order chi connectivity index (χ0) is 24.4. The average Bonchev–Trinajstić information content (AvgIpc) is 3.21. The van der Waals surface area contributed by atoms with Crippen LogP contribution in [0.5, 0.6) is 0 Å². The normalized spacial score (nSPS) is 15.5. The number of nitrogens with zero attached hydrogens (tertiary/aromatic N) is 1. The SMILES string of the molecule is CC(O)C(NC(=O)C(Cc1cnc[nH]1)NC(=O)C(N)CC(=O)O)C(=O)NC(CO)C(=O)O. The minimum absolute atomic E-state index is 0.153. The lowest BCUT2D eigenvalue weighted by molar-refractivity contribution is -0.144. The van der Waals surface area contributed by atoms with Gasteiger partial charge in [0.2, 0.25) is 17.7 Å². The molecule has 0 bridgehead atoms. The summed E-state index contributed by atoms with van der Waals surface area (Å²) in [7, 11) is 0. The highest BCUT2D eigenvalue weighted by atomic mass is 16.4. The molecule has 1 rings (SSSR count). The number of carboxylic acids is 2. The van der Waals surface area contributed by atoms with Crippen molar-refractivity contribution in [3.63, 3.8) is 0 Å². The molecule has 0 saturated heterocycles. The fraction of sp³-hybridized carbons (Fsp3) is 0.529. The van der Waals surface area contributed by atoms with E-state index in [-0.39, 0.29) is 6.42 Å². The molecule has 0 saturated carbocycles. The number of aromatic amines is 1. The summed E-state index contributed by atoms with van der Waals surface area (Å²) in [5, 5.41) is 43.1. The lowest BCUT2D eigenvalue weighted by atomic mass is 10.1. The zero-order valence-corrected chi connectivity index (χ0v) is 17.0. The van der Waals surface area contributed by atoms with Gasteiger partial charge < -0.3 is 47.1 Å². The predicted molar refractivity (Wildman–Crippen MR) is 105 cm³/mol. The van der Waals surface area contributed by atoms with Gasteiger partial charge >= 0.3 is 11.9 Å². The first-order valence-electron chi connectivity index (χ1n) is 9.33. The monoisotopic (exact) mass is 458 g/mol. The maximum atomic E-state index is 12.8. The van der Waals surface area contributed by atoms with Crippen molar-refractivity contribution in [3.8, 4) is 0 Å². The molecule has 1 aromatic heterocycles. The molecule has 0 fully saturated rings. The third kappa shape index (κ3) is 8.29. The number of H-pyrrole nitrogens is 1. The summed E-state index contributed by atoms with van der Waals surface area (Å²) in [5.41, 5.74) is 5.91. The zero-order valence-electron chi connectivity index (χ0n) is 17.0. The summed E-state index contributed by atoms with van der Waals surface area (Å²) in [6, 6.07) is -6.12.